The smallest absolute Gasteiger partial charge is 0.255 e. The van der Waals surface area contributed by atoms with Gasteiger partial charge in [-0.1, -0.05) is 12.1 Å². The monoisotopic (exact) mass is 423 g/mol. The summed E-state index contributed by atoms with van der Waals surface area (Å²) in [7, 11) is -3.84. The van der Waals surface area contributed by atoms with E-state index in [0.29, 0.717) is 22.6 Å². The van der Waals surface area contributed by atoms with E-state index < -0.39 is 15.7 Å². The van der Waals surface area contributed by atoms with Crippen molar-refractivity contribution in [3.8, 4) is 5.75 Å². The number of sulfone groups is 1. The van der Waals surface area contributed by atoms with Gasteiger partial charge in [0.05, 0.1) is 9.80 Å². The maximum atomic E-state index is 13.1. The van der Waals surface area contributed by atoms with Crippen LogP contribution in [0.4, 0.5) is 10.1 Å². The Balaban J connectivity index is 1.63. The van der Waals surface area contributed by atoms with Crippen molar-refractivity contribution in [2.24, 2.45) is 0 Å². The molecule has 30 heavy (non-hydrogen) atoms. The van der Waals surface area contributed by atoms with Gasteiger partial charge in [0.25, 0.3) is 5.91 Å². The van der Waals surface area contributed by atoms with Crippen LogP contribution in [0, 0.1) is 12.7 Å². The molecule has 0 atom stereocenters. The summed E-state index contributed by atoms with van der Waals surface area (Å²) in [6.07, 6.45) is 1.49. The van der Waals surface area contributed by atoms with E-state index in [1.165, 1.54) is 18.2 Å². The molecule has 0 radical (unpaired) electrons. The van der Waals surface area contributed by atoms with Crippen molar-refractivity contribution in [2.45, 2.75) is 11.8 Å². The first kappa shape index (κ1) is 19.8. The summed E-state index contributed by atoms with van der Waals surface area (Å²) in [5, 5.41) is 2.82. The lowest BCUT2D eigenvalue weighted by Gasteiger charge is -2.19. The zero-order valence-electron chi connectivity index (χ0n) is 16.1. The van der Waals surface area contributed by atoms with Gasteiger partial charge in [-0.15, -0.1) is 0 Å². The predicted molar refractivity (Wildman–Crippen MR) is 113 cm³/mol. The van der Waals surface area contributed by atoms with Gasteiger partial charge in [0.2, 0.25) is 9.84 Å². The molecular formula is C23H18FNO4S. The highest BCUT2D eigenvalue weighted by Gasteiger charge is 2.25. The molecule has 1 aliphatic rings. The molecule has 1 heterocycles. The number of rotatable bonds is 4. The minimum Gasteiger partial charge on any atom is -0.488 e. The lowest BCUT2D eigenvalue weighted by atomic mass is 10.1. The summed E-state index contributed by atoms with van der Waals surface area (Å²) in [5.41, 5.74) is 2.55. The number of fused-ring (bicyclic) bond motifs is 1. The van der Waals surface area contributed by atoms with E-state index in [1.807, 2.05) is 25.1 Å². The van der Waals surface area contributed by atoms with Crippen LogP contribution < -0.4 is 10.1 Å². The van der Waals surface area contributed by atoms with Crippen LogP contribution in [0.2, 0.25) is 0 Å². The summed E-state index contributed by atoms with van der Waals surface area (Å²) < 4.78 is 44.4. The molecule has 1 aliphatic heterocycles. The van der Waals surface area contributed by atoms with Crippen LogP contribution in [0.3, 0.4) is 0 Å². The molecule has 0 saturated heterocycles. The Morgan fingerprint density at radius 3 is 2.53 bits per heavy atom. The normalized spacial score (nSPS) is 13.1. The van der Waals surface area contributed by atoms with E-state index in [4.69, 9.17) is 4.74 Å². The van der Waals surface area contributed by atoms with Gasteiger partial charge < -0.3 is 10.1 Å². The van der Waals surface area contributed by atoms with Gasteiger partial charge in [-0.2, -0.15) is 0 Å². The van der Waals surface area contributed by atoms with Crippen LogP contribution in [0.5, 0.6) is 5.75 Å². The van der Waals surface area contributed by atoms with E-state index in [1.54, 1.807) is 24.3 Å². The van der Waals surface area contributed by atoms with Crippen LogP contribution in [-0.2, 0) is 9.84 Å². The van der Waals surface area contributed by atoms with E-state index in [-0.39, 0.29) is 22.3 Å². The Hall–Kier alpha value is -3.45. The van der Waals surface area contributed by atoms with Crippen LogP contribution in [0.1, 0.15) is 21.5 Å². The average molecular weight is 423 g/mol. The summed E-state index contributed by atoms with van der Waals surface area (Å²) in [4.78, 5) is 12.6. The highest BCUT2D eigenvalue weighted by atomic mass is 32.2. The fourth-order valence-electron chi connectivity index (χ4n) is 3.14. The third-order valence-electron chi connectivity index (χ3n) is 4.70. The van der Waals surface area contributed by atoms with Crippen LogP contribution in [0.15, 0.2) is 76.5 Å². The second-order valence-corrected chi connectivity index (χ2v) is 8.94. The second-order valence-electron chi connectivity index (χ2n) is 6.93. The summed E-state index contributed by atoms with van der Waals surface area (Å²) in [6, 6.07) is 16.9. The molecule has 0 unspecified atom stereocenters. The zero-order valence-corrected chi connectivity index (χ0v) is 16.9. The number of benzene rings is 3. The minimum atomic E-state index is -3.84. The van der Waals surface area contributed by atoms with Crippen molar-refractivity contribution in [1.29, 1.82) is 0 Å². The molecule has 4 rings (SSSR count). The topological polar surface area (TPSA) is 72.5 Å². The van der Waals surface area contributed by atoms with Gasteiger partial charge in [0, 0.05) is 16.8 Å². The maximum absolute atomic E-state index is 13.1. The number of nitrogens with one attached hydrogen (secondary N) is 1. The fourth-order valence-corrected chi connectivity index (χ4v) is 4.44. The van der Waals surface area contributed by atoms with E-state index >= 15 is 0 Å². The van der Waals surface area contributed by atoms with Gasteiger partial charge >= 0.3 is 0 Å². The lowest BCUT2D eigenvalue weighted by molar-refractivity contribution is 0.102. The van der Waals surface area contributed by atoms with Crippen molar-refractivity contribution >= 4 is 27.5 Å². The second kappa shape index (κ2) is 7.76. The third kappa shape index (κ3) is 3.97. The Morgan fingerprint density at radius 2 is 1.80 bits per heavy atom. The van der Waals surface area contributed by atoms with Crippen molar-refractivity contribution in [2.75, 3.05) is 11.9 Å². The number of ether oxygens (including phenoxy) is 1. The molecular weight excluding hydrogens is 405 g/mol. The summed E-state index contributed by atoms with van der Waals surface area (Å²) >= 11 is 0. The van der Waals surface area contributed by atoms with Crippen LogP contribution >= 0.6 is 0 Å². The quantitative estimate of drug-likeness (QED) is 0.623. The SMILES string of the molecule is Cc1cccc(NC(=O)c2ccc3c(c2)C=C(S(=O)(=O)c2ccc(F)cc2)CO3)c1. The van der Waals surface area contributed by atoms with Gasteiger partial charge in [0.1, 0.15) is 18.2 Å². The van der Waals surface area contributed by atoms with Gasteiger partial charge in [-0.05, 0) is 73.2 Å². The first-order valence-corrected chi connectivity index (χ1v) is 10.7. The molecule has 0 saturated carbocycles. The van der Waals surface area contributed by atoms with Gasteiger partial charge in [-0.25, -0.2) is 12.8 Å². The number of hydrogen-bond donors (Lipinski definition) is 1. The Labute approximate surface area is 173 Å². The fraction of sp³-hybridized carbons (Fsp3) is 0.0870. The molecule has 3 aromatic rings. The number of amides is 1. The van der Waals surface area contributed by atoms with E-state index in [0.717, 1.165) is 17.7 Å². The molecule has 0 aromatic heterocycles. The number of anilines is 1. The lowest BCUT2D eigenvalue weighted by Crippen LogP contribution is -2.17. The van der Waals surface area contributed by atoms with E-state index in [9.17, 15) is 17.6 Å². The molecule has 1 N–H and O–H groups in total. The zero-order chi connectivity index (χ0) is 21.3. The average Bonchev–Trinajstić information content (AvgIpc) is 2.73. The number of aryl methyl sites for hydroxylation is 1. The highest BCUT2D eigenvalue weighted by Crippen LogP contribution is 2.32. The molecule has 0 fully saturated rings. The molecule has 0 spiro atoms. The standard InChI is InChI=1S/C23H18FNO4S/c1-15-3-2-4-19(11-15)25-23(26)16-5-10-22-17(12-16)13-21(14-29-22)30(27,28)20-8-6-18(24)7-9-20/h2-13H,14H2,1H3,(H,25,26). The predicted octanol–water partition coefficient (Wildman–Crippen LogP) is 4.59. The van der Waals surface area contributed by atoms with Gasteiger partial charge in [0.15, 0.2) is 0 Å². The molecule has 5 nitrogen and oxygen atoms in total. The van der Waals surface area contributed by atoms with Crippen molar-refractivity contribution in [3.05, 3.63) is 94.1 Å². The van der Waals surface area contributed by atoms with E-state index in [2.05, 4.69) is 5.32 Å². The summed E-state index contributed by atoms with van der Waals surface area (Å²) in [5.74, 6) is -0.345. The number of carbonyl (C=O) groups excluding carboxylic acids is 1. The largest absolute Gasteiger partial charge is 0.488 e. The Kier molecular flexibility index (Phi) is 5.13. The molecule has 7 heteroatoms. The van der Waals surface area contributed by atoms with Crippen LogP contribution in [0.25, 0.3) is 6.08 Å². The van der Waals surface area contributed by atoms with Crippen molar-refractivity contribution in [3.63, 3.8) is 0 Å². The third-order valence-corrected chi connectivity index (χ3v) is 6.52. The van der Waals surface area contributed by atoms with Gasteiger partial charge in [-0.3, -0.25) is 4.79 Å². The van der Waals surface area contributed by atoms with Crippen LogP contribution in [-0.4, -0.2) is 20.9 Å². The summed E-state index contributed by atoms with van der Waals surface area (Å²) in [6.45, 7) is 1.79. The van der Waals surface area contributed by atoms with Crippen molar-refractivity contribution < 1.29 is 22.3 Å². The first-order valence-electron chi connectivity index (χ1n) is 9.19. The highest BCUT2D eigenvalue weighted by molar-refractivity contribution is 7.95. The number of halogens is 1. The molecule has 152 valence electrons. The van der Waals surface area contributed by atoms with Crippen molar-refractivity contribution in [1.82, 2.24) is 0 Å². The molecule has 3 aromatic carbocycles. The molecule has 0 bridgehead atoms. The Bertz CT molecular complexity index is 1260. The maximum Gasteiger partial charge on any atom is 0.255 e. The molecule has 1 amide bonds. The number of hydrogen-bond acceptors (Lipinski definition) is 4. The molecule has 0 aliphatic carbocycles. The Morgan fingerprint density at radius 1 is 1.03 bits per heavy atom. The number of carbonyl (C=O) groups is 1. The minimum absolute atomic E-state index is 0.0180. The first-order chi connectivity index (χ1) is 14.3.